The molecule has 0 aromatic heterocycles. The summed E-state index contributed by atoms with van der Waals surface area (Å²) in [6.07, 6.45) is 0.685. The highest BCUT2D eigenvalue weighted by Gasteiger charge is 2.32. The summed E-state index contributed by atoms with van der Waals surface area (Å²) >= 11 is 0. The van der Waals surface area contributed by atoms with E-state index in [0.717, 1.165) is 11.3 Å². The van der Waals surface area contributed by atoms with Gasteiger partial charge in [0.25, 0.3) is 0 Å². The summed E-state index contributed by atoms with van der Waals surface area (Å²) < 4.78 is 0. The molecule has 2 amide bonds. The number of nitrogens with two attached hydrogens (primary N) is 1. The van der Waals surface area contributed by atoms with E-state index in [-0.39, 0.29) is 6.04 Å². The molecule has 1 saturated heterocycles. The van der Waals surface area contributed by atoms with Crippen LogP contribution >= 0.6 is 0 Å². The summed E-state index contributed by atoms with van der Waals surface area (Å²) in [4.78, 5) is 26.8. The zero-order chi connectivity index (χ0) is 14.0. The van der Waals surface area contributed by atoms with Crippen LogP contribution in [0.25, 0.3) is 0 Å². The van der Waals surface area contributed by atoms with Crippen LogP contribution < -0.4 is 10.6 Å². The van der Waals surface area contributed by atoms with Gasteiger partial charge in [-0.25, -0.2) is 0 Å². The van der Waals surface area contributed by atoms with Crippen molar-refractivity contribution >= 4 is 17.5 Å². The fraction of sp³-hybridized carbons (Fsp3) is 0.429. The van der Waals surface area contributed by atoms with Gasteiger partial charge in [0.05, 0.1) is 0 Å². The van der Waals surface area contributed by atoms with E-state index in [1.54, 1.807) is 11.9 Å². The highest BCUT2D eigenvalue weighted by Crippen LogP contribution is 2.23. The third kappa shape index (κ3) is 2.76. The van der Waals surface area contributed by atoms with Crippen LogP contribution in [0.15, 0.2) is 24.3 Å². The number of likely N-dealkylation sites (N-methyl/N-ethyl adjacent to an activating group) is 1. The lowest BCUT2D eigenvalue weighted by Crippen LogP contribution is -2.53. The number of para-hydroxylation sites is 1. The molecule has 1 atom stereocenters. The lowest BCUT2D eigenvalue weighted by Gasteiger charge is -2.32. The summed E-state index contributed by atoms with van der Waals surface area (Å²) in [5, 5.41) is 0. The molecule has 1 aromatic rings. The smallest absolute Gasteiger partial charge is 0.316 e. The average molecular weight is 261 g/mol. The minimum absolute atomic E-state index is 0.0133. The summed E-state index contributed by atoms with van der Waals surface area (Å²) in [5.74, 6) is -0.923. The number of amides is 2. The molecule has 0 spiro atoms. The van der Waals surface area contributed by atoms with E-state index in [1.807, 2.05) is 31.2 Å². The molecule has 1 heterocycles. The number of nitrogens with zero attached hydrogens (tertiary/aromatic N) is 2. The zero-order valence-electron chi connectivity index (χ0n) is 11.3. The standard InChI is InChI=1S/C14H19N3O2/c1-10(15)9-11-5-3-4-6-12(11)17-8-7-16(2)13(18)14(17)19/h3-6,10H,7-9,15H2,1-2H3. The lowest BCUT2D eigenvalue weighted by molar-refractivity contribution is -0.145. The van der Waals surface area contributed by atoms with Gasteiger partial charge in [0.2, 0.25) is 0 Å². The highest BCUT2D eigenvalue weighted by atomic mass is 16.2. The maximum atomic E-state index is 12.1. The van der Waals surface area contributed by atoms with Gasteiger partial charge >= 0.3 is 11.8 Å². The van der Waals surface area contributed by atoms with Gasteiger partial charge in [-0.1, -0.05) is 18.2 Å². The predicted molar refractivity (Wildman–Crippen MR) is 73.8 cm³/mol. The number of carbonyl (C=O) groups excluding carboxylic acids is 2. The van der Waals surface area contributed by atoms with E-state index in [9.17, 15) is 9.59 Å². The third-order valence-corrected chi connectivity index (χ3v) is 3.26. The molecule has 2 rings (SSSR count). The van der Waals surface area contributed by atoms with Crippen molar-refractivity contribution in [2.45, 2.75) is 19.4 Å². The van der Waals surface area contributed by atoms with E-state index < -0.39 is 11.8 Å². The second kappa shape index (κ2) is 5.40. The molecule has 0 saturated carbocycles. The average Bonchev–Trinajstić information content (AvgIpc) is 2.37. The van der Waals surface area contributed by atoms with E-state index >= 15 is 0 Å². The first-order valence-electron chi connectivity index (χ1n) is 6.41. The molecule has 5 heteroatoms. The number of benzene rings is 1. The fourth-order valence-corrected chi connectivity index (χ4v) is 2.26. The largest absolute Gasteiger partial charge is 0.336 e. The van der Waals surface area contributed by atoms with Crippen molar-refractivity contribution in [3.05, 3.63) is 29.8 Å². The molecular weight excluding hydrogens is 242 g/mol. The van der Waals surface area contributed by atoms with Crippen LogP contribution in [0.2, 0.25) is 0 Å². The van der Waals surface area contributed by atoms with Crippen LogP contribution in [0.4, 0.5) is 5.69 Å². The van der Waals surface area contributed by atoms with Crippen LogP contribution in [0.3, 0.4) is 0 Å². The Hall–Kier alpha value is -1.88. The Bertz CT molecular complexity index is 499. The first-order valence-corrected chi connectivity index (χ1v) is 6.41. The van der Waals surface area contributed by atoms with Crippen LogP contribution in [-0.2, 0) is 16.0 Å². The van der Waals surface area contributed by atoms with Gasteiger partial charge < -0.3 is 15.5 Å². The maximum Gasteiger partial charge on any atom is 0.316 e. The van der Waals surface area contributed by atoms with Crippen LogP contribution in [0, 0.1) is 0 Å². The Morgan fingerprint density at radius 2 is 1.89 bits per heavy atom. The Balaban J connectivity index is 2.31. The van der Waals surface area contributed by atoms with Crippen molar-refractivity contribution in [3.8, 4) is 0 Å². The lowest BCUT2D eigenvalue weighted by atomic mass is 10.0. The Kier molecular flexibility index (Phi) is 3.85. The Labute approximate surface area is 113 Å². The van der Waals surface area contributed by atoms with Crippen molar-refractivity contribution in [1.29, 1.82) is 0 Å². The van der Waals surface area contributed by atoms with Crippen LogP contribution in [0.5, 0.6) is 0 Å². The number of carbonyl (C=O) groups is 2. The quantitative estimate of drug-likeness (QED) is 0.800. The summed E-state index contributed by atoms with van der Waals surface area (Å²) in [5.41, 5.74) is 7.63. The fourth-order valence-electron chi connectivity index (χ4n) is 2.26. The van der Waals surface area contributed by atoms with Crippen LogP contribution in [0.1, 0.15) is 12.5 Å². The highest BCUT2D eigenvalue weighted by molar-refractivity contribution is 6.41. The molecule has 0 bridgehead atoms. The van der Waals surface area contributed by atoms with Crippen LogP contribution in [-0.4, -0.2) is 42.9 Å². The first kappa shape index (κ1) is 13.5. The SMILES string of the molecule is CC(N)Cc1ccccc1N1CCN(C)C(=O)C1=O. The topological polar surface area (TPSA) is 66.6 Å². The molecule has 1 aliphatic rings. The van der Waals surface area contributed by atoms with Gasteiger partial charge in [0, 0.05) is 31.9 Å². The molecule has 0 aliphatic carbocycles. The molecule has 1 fully saturated rings. The van der Waals surface area contributed by atoms with Gasteiger partial charge in [-0.3, -0.25) is 9.59 Å². The van der Waals surface area contributed by atoms with Crippen molar-refractivity contribution in [3.63, 3.8) is 0 Å². The van der Waals surface area contributed by atoms with Gasteiger partial charge in [0.15, 0.2) is 0 Å². The Morgan fingerprint density at radius 3 is 2.58 bits per heavy atom. The van der Waals surface area contributed by atoms with Crippen molar-refractivity contribution in [1.82, 2.24) is 4.90 Å². The normalized spacial score (nSPS) is 17.8. The second-order valence-corrected chi connectivity index (χ2v) is 4.99. The number of hydrogen-bond donors (Lipinski definition) is 1. The van der Waals surface area contributed by atoms with Crippen molar-refractivity contribution < 1.29 is 9.59 Å². The molecule has 102 valence electrons. The second-order valence-electron chi connectivity index (χ2n) is 4.99. The van der Waals surface area contributed by atoms with Gasteiger partial charge in [-0.05, 0) is 25.0 Å². The molecular formula is C14H19N3O2. The van der Waals surface area contributed by atoms with E-state index in [0.29, 0.717) is 19.5 Å². The summed E-state index contributed by atoms with van der Waals surface area (Å²) in [6, 6.07) is 7.63. The molecule has 1 unspecified atom stereocenters. The van der Waals surface area contributed by atoms with Gasteiger partial charge in [-0.2, -0.15) is 0 Å². The number of piperazine rings is 1. The zero-order valence-corrected chi connectivity index (χ0v) is 11.3. The first-order chi connectivity index (χ1) is 9.00. The molecule has 5 nitrogen and oxygen atoms in total. The maximum absolute atomic E-state index is 12.1. The molecule has 1 aliphatic heterocycles. The molecule has 19 heavy (non-hydrogen) atoms. The predicted octanol–water partition coefficient (Wildman–Crippen LogP) is 0.381. The van der Waals surface area contributed by atoms with Crippen molar-refractivity contribution in [2.75, 3.05) is 25.0 Å². The summed E-state index contributed by atoms with van der Waals surface area (Å²) in [7, 11) is 1.64. The third-order valence-electron chi connectivity index (χ3n) is 3.26. The minimum atomic E-state index is -0.467. The molecule has 1 aromatic carbocycles. The Morgan fingerprint density at radius 1 is 1.21 bits per heavy atom. The van der Waals surface area contributed by atoms with Gasteiger partial charge in [-0.15, -0.1) is 0 Å². The van der Waals surface area contributed by atoms with Crippen molar-refractivity contribution in [2.24, 2.45) is 5.73 Å². The minimum Gasteiger partial charge on any atom is -0.336 e. The monoisotopic (exact) mass is 261 g/mol. The molecule has 0 radical (unpaired) electrons. The summed E-state index contributed by atoms with van der Waals surface area (Å²) in [6.45, 7) is 3.00. The van der Waals surface area contributed by atoms with Gasteiger partial charge in [0.1, 0.15) is 0 Å². The number of anilines is 1. The van der Waals surface area contributed by atoms with E-state index in [2.05, 4.69) is 0 Å². The number of hydrogen-bond acceptors (Lipinski definition) is 3. The molecule has 2 N–H and O–H groups in total. The van der Waals surface area contributed by atoms with E-state index in [4.69, 9.17) is 5.73 Å². The van der Waals surface area contributed by atoms with E-state index in [1.165, 1.54) is 4.90 Å². The number of rotatable bonds is 3.